The van der Waals surface area contributed by atoms with Crippen molar-refractivity contribution in [3.05, 3.63) is 24.3 Å². The zero-order valence-electron chi connectivity index (χ0n) is 52.3. The number of aliphatic hydroxyl groups is 5. The summed E-state index contributed by atoms with van der Waals surface area (Å²) in [5, 5.41) is 54.3. The molecule has 0 saturated carbocycles. The van der Waals surface area contributed by atoms with Crippen LogP contribution >= 0.6 is 0 Å². The number of nitrogens with one attached hydrogen (secondary N) is 1. The number of allylic oxidation sites excluding steroid dienone is 3. The lowest BCUT2D eigenvalue weighted by atomic mass is 9.99. The van der Waals surface area contributed by atoms with Crippen molar-refractivity contribution in [1.82, 2.24) is 5.32 Å². The molecule has 1 rings (SSSR count). The van der Waals surface area contributed by atoms with Gasteiger partial charge >= 0.3 is 5.97 Å². The molecule has 0 aliphatic carbocycles. The number of carbonyl (C=O) groups excluding carboxylic acids is 2. The molecule has 0 radical (unpaired) electrons. The first kappa shape index (κ1) is 76.2. The van der Waals surface area contributed by atoms with E-state index in [1.165, 1.54) is 257 Å². The number of ether oxygens (including phenoxy) is 3. The Kier molecular flexibility index (Phi) is 56.1. The van der Waals surface area contributed by atoms with Crippen LogP contribution < -0.4 is 5.32 Å². The molecule has 1 fully saturated rings. The normalized spacial score (nSPS) is 18.4. The number of aliphatic hydroxyl groups excluding tert-OH is 5. The summed E-state index contributed by atoms with van der Waals surface area (Å²) in [4.78, 5) is 25.1. The number of carbonyl (C=O) groups is 2. The Balaban J connectivity index is 1.91. The van der Waals surface area contributed by atoms with Crippen molar-refractivity contribution < 1.29 is 49.3 Å². The Morgan fingerprint density at radius 3 is 1.20 bits per heavy atom. The molecule has 1 aliphatic rings. The molecule has 1 saturated heterocycles. The highest BCUT2D eigenvalue weighted by molar-refractivity contribution is 5.76. The largest absolute Gasteiger partial charge is 0.466 e. The lowest BCUT2D eigenvalue weighted by Gasteiger charge is -2.40. The van der Waals surface area contributed by atoms with Crippen molar-refractivity contribution in [1.29, 1.82) is 0 Å². The van der Waals surface area contributed by atoms with Gasteiger partial charge in [0, 0.05) is 12.8 Å². The van der Waals surface area contributed by atoms with Gasteiger partial charge in [-0.1, -0.05) is 295 Å². The van der Waals surface area contributed by atoms with Crippen molar-refractivity contribution in [3.63, 3.8) is 0 Å². The second-order valence-corrected chi connectivity index (χ2v) is 24.2. The van der Waals surface area contributed by atoms with Gasteiger partial charge in [-0.25, -0.2) is 0 Å². The molecular weight excluding hydrogens is 1000 g/mol. The summed E-state index contributed by atoms with van der Waals surface area (Å²) in [5.74, 6) is -0.176. The van der Waals surface area contributed by atoms with Gasteiger partial charge in [0.25, 0.3) is 0 Å². The average Bonchev–Trinajstić information content (AvgIpc) is 3.49. The summed E-state index contributed by atoms with van der Waals surface area (Å²) in [7, 11) is 0. The van der Waals surface area contributed by atoms with Crippen LogP contribution in [0.25, 0.3) is 0 Å². The van der Waals surface area contributed by atoms with Crippen molar-refractivity contribution in [3.8, 4) is 0 Å². The van der Waals surface area contributed by atoms with Crippen molar-refractivity contribution in [2.45, 2.75) is 384 Å². The zero-order valence-corrected chi connectivity index (χ0v) is 52.3. The van der Waals surface area contributed by atoms with Crippen molar-refractivity contribution in [2.24, 2.45) is 0 Å². The fraction of sp³-hybridized carbons (Fsp3) is 0.913. The van der Waals surface area contributed by atoms with Crippen molar-refractivity contribution >= 4 is 11.9 Å². The maximum absolute atomic E-state index is 13.0. The molecule has 0 aromatic heterocycles. The van der Waals surface area contributed by atoms with Crippen LogP contribution in [0.3, 0.4) is 0 Å². The van der Waals surface area contributed by atoms with Gasteiger partial charge in [-0.3, -0.25) is 9.59 Å². The SMILES string of the molecule is CCCCCCC/C=C\CCCCCCCC(=O)OCCCCCCCCCCCCCCCCCCCCCCCCCCCCCCCC(=O)NC(COC1OC(CO)C(O)C(O)C1O)C(O)/C=C/CCCCCCCCC. The molecule has 472 valence electrons. The van der Waals surface area contributed by atoms with Crippen LogP contribution in [0, 0.1) is 0 Å². The molecule has 0 bridgehead atoms. The van der Waals surface area contributed by atoms with E-state index in [1.807, 2.05) is 6.08 Å². The second-order valence-electron chi connectivity index (χ2n) is 24.2. The van der Waals surface area contributed by atoms with Crippen LogP contribution in [0.4, 0.5) is 0 Å². The third-order valence-corrected chi connectivity index (χ3v) is 16.6. The number of unbranched alkanes of at least 4 members (excludes halogenated alkanes) is 45. The highest BCUT2D eigenvalue weighted by atomic mass is 16.7. The highest BCUT2D eigenvalue weighted by Gasteiger charge is 2.44. The lowest BCUT2D eigenvalue weighted by molar-refractivity contribution is -0.302. The first-order valence-electron chi connectivity index (χ1n) is 34.6. The molecule has 0 aromatic carbocycles. The molecule has 1 amide bonds. The average molecular weight is 1130 g/mol. The van der Waals surface area contributed by atoms with Gasteiger partial charge in [-0.2, -0.15) is 0 Å². The fourth-order valence-electron chi connectivity index (χ4n) is 11.1. The van der Waals surface area contributed by atoms with Crippen LogP contribution in [0.2, 0.25) is 0 Å². The van der Waals surface area contributed by atoms with Gasteiger partial charge < -0.3 is 45.1 Å². The summed E-state index contributed by atoms with van der Waals surface area (Å²) in [5.41, 5.74) is 0. The quantitative estimate of drug-likeness (QED) is 0.0195. The maximum atomic E-state index is 13.0. The van der Waals surface area contributed by atoms with Gasteiger partial charge in [-0.05, 0) is 57.8 Å². The van der Waals surface area contributed by atoms with E-state index in [-0.39, 0.29) is 18.5 Å². The number of esters is 1. The van der Waals surface area contributed by atoms with E-state index < -0.39 is 49.5 Å². The predicted molar refractivity (Wildman–Crippen MR) is 334 cm³/mol. The Bertz CT molecular complexity index is 1380. The summed E-state index contributed by atoms with van der Waals surface area (Å²) < 4.78 is 16.7. The van der Waals surface area contributed by atoms with E-state index in [0.717, 1.165) is 57.8 Å². The Hall–Kier alpha value is -1.86. The van der Waals surface area contributed by atoms with E-state index in [0.29, 0.717) is 19.4 Å². The first-order chi connectivity index (χ1) is 39.2. The van der Waals surface area contributed by atoms with Crippen LogP contribution in [0.15, 0.2) is 24.3 Å². The topological polar surface area (TPSA) is 175 Å². The Labute approximate surface area is 492 Å². The zero-order chi connectivity index (χ0) is 58.0. The second kappa shape index (κ2) is 58.9. The highest BCUT2D eigenvalue weighted by Crippen LogP contribution is 2.23. The van der Waals surface area contributed by atoms with Crippen LogP contribution in [-0.4, -0.2) is 100 Å². The number of rotatable bonds is 61. The molecular formula is C69H131NO10. The number of hydrogen-bond donors (Lipinski definition) is 6. The molecule has 7 atom stereocenters. The summed E-state index contributed by atoms with van der Waals surface area (Å²) in [6.45, 7) is 4.34. The van der Waals surface area contributed by atoms with E-state index in [2.05, 4.69) is 31.3 Å². The minimum absolute atomic E-state index is 0.00259. The van der Waals surface area contributed by atoms with Gasteiger partial charge in [-0.15, -0.1) is 0 Å². The van der Waals surface area contributed by atoms with Gasteiger partial charge in [0.15, 0.2) is 6.29 Å². The van der Waals surface area contributed by atoms with Gasteiger partial charge in [0.05, 0.1) is 32.0 Å². The van der Waals surface area contributed by atoms with Gasteiger partial charge in [0.2, 0.25) is 5.91 Å². The van der Waals surface area contributed by atoms with Crippen LogP contribution in [0.5, 0.6) is 0 Å². The maximum Gasteiger partial charge on any atom is 0.305 e. The minimum atomic E-state index is -1.57. The van der Waals surface area contributed by atoms with Crippen LogP contribution in [0.1, 0.15) is 341 Å². The molecule has 7 unspecified atom stereocenters. The standard InChI is InChI=1S/C69H131NO10/c1-3-5-7-9-11-13-14-15-34-37-41-45-49-53-57-65(74)78-58-54-50-46-42-38-35-32-30-28-26-24-22-20-18-16-17-19-21-23-25-27-29-31-33-36-40-44-48-52-56-64(73)70-61(62(72)55-51-47-43-39-12-10-8-6-4-2)60-79-69-68(77)67(76)66(75)63(59-71)80-69/h14-15,51,55,61-63,66-69,71-72,75-77H,3-13,16-50,52-54,56-60H2,1-2H3,(H,70,73)/b15-14-,55-51+. The molecule has 6 N–H and O–H groups in total. The predicted octanol–water partition coefficient (Wildman–Crippen LogP) is 17.2. The smallest absolute Gasteiger partial charge is 0.305 e. The molecule has 1 aliphatic heterocycles. The molecule has 0 spiro atoms. The molecule has 11 heteroatoms. The molecule has 11 nitrogen and oxygen atoms in total. The van der Waals surface area contributed by atoms with E-state index in [4.69, 9.17) is 14.2 Å². The Morgan fingerprint density at radius 1 is 0.450 bits per heavy atom. The minimum Gasteiger partial charge on any atom is -0.466 e. The van der Waals surface area contributed by atoms with E-state index in [9.17, 15) is 35.1 Å². The summed E-state index contributed by atoms with van der Waals surface area (Å²) in [6, 6.07) is -0.805. The van der Waals surface area contributed by atoms with Crippen molar-refractivity contribution in [2.75, 3.05) is 19.8 Å². The third-order valence-electron chi connectivity index (χ3n) is 16.6. The Morgan fingerprint density at radius 2 is 0.800 bits per heavy atom. The molecule has 80 heavy (non-hydrogen) atoms. The van der Waals surface area contributed by atoms with E-state index in [1.54, 1.807) is 6.08 Å². The van der Waals surface area contributed by atoms with E-state index >= 15 is 0 Å². The first-order valence-corrected chi connectivity index (χ1v) is 34.6. The van der Waals surface area contributed by atoms with Gasteiger partial charge in [0.1, 0.15) is 24.4 Å². The number of hydrogen-bond acceptors (Lipinski definition) is 10. The lowest BCUT2D eigenvalue weighted by Crippen LogP contribution is -2.60. The third kappa shape index (κ3) is 47.5. The summed E-state index contributed by atoms with van der Waals surface area (Å²) in [6.07, 6.45) is 63.2. The number of amides is 1. The molecule has 1 heterocycles. The monoisotopic (exact) mass is 1130 g/mol. The molecule has 0 aromatic rings. The fourth-order valence-corrected chi connectivity index (χ4v) is 11.1. The summed E-state index contributed by atoms with van der Waals surface area (Å²) >= 11 is 0. The van der Waals surface area contributed by atoms with Crippen LogP contribution in [-0.2, 0) is 23.8 Å².